The predicted octanol–water partition coefficient (Wildman–Crippen LogP) is 4.36. The number of amides is 3. The van der Waals surface area contributed by atoms with E-state index in [0.717, 1.165) is 0 Å². The first-order valence-corrected chi connectivity index (χ1v) is 9.76. The predicted molar refractivity (Wildman–Crippen MR) is 120 cm³/mol. The van der Waals surface area contributed by atoms with Crippen molar-refractivity contribution in [1.82, 2.24) is 0 Å². The van der Waals surface area contributed by atoms with E-state index in [0.29, 0.717) is 38.3 Å². The van der Waals surface area contributed by atoms with Gasteiger partial charge < -0.3 is 21.1 Å². The van der Waals surface area contributed by atoms with Gasteiger partial charge in [-0.05, 0) is 66.7 Å². The van der Waals surface area contributed by atoms with Gasteiger partial charge in [-0.1, -0.05) is 23.2 Å². The number of carbonyl (C=O) groups is 3. The first-order chi connectivity index (χ1) is 14.8. The highest BCUT2D eigenvalue weighted by molar-refractivity contribution is 6.35. The minimum atomic E-state index is -0.576. The minimum Gasteiger partial charge on any atom is -0.484 e. The summed E-state index contributed by atoms with van der Waals surface area (Å²) in [5.41, 5.74) is 6.80. The van der Waals surface area contributed by atoms with Crippen molar-refractivity contribution in [3.05, 3.63) is 87.9 Å². The second-order valence-electron chi connectivity index (χ2n) is 6.42. The Bertz CT molecular complexity index is 1100. The average Bonchev–Trinajstić information content (AvgIpc) is 2.73. The molecule has 0 radical (unpaired) electrons. The number of ether oxygens (including phenoxy) is 1. The third-order valence-electron chi connectivity index (χ3n) is 4.02. The molecule has 0 aromatic heterocycles. The van der Waals surface area contributed by atoms with E-state index >= 15 is 0 Å². The third-order valence-corrected chi connectivity index (χ3v) is 4.46. The molecule has 3 aromatic rings. The van der Waals surface area contributed by atoms with Crippen LogP contribution in [0.1, 0.15) is 20.7 Å². The molecule has 158 valence electrons. The lowest BCUT2D eigenvalue weighted by Gasteiger charge is -2.09. The van der Waals surface area contributed by atoms with Gasteiger partial charge in [-0.25, -0.2) is 0 Å². The maximum atomic E-state index is 12.4. The summed E-state index contributed by atoms with van der Waals surface area (Å²) in [5, 5.41) is 6.18. The van der Waals surface area contributed by atoms with Crippen LogP contribution in [-0.4, -0.2) is 24.3 Å². The van der Waals surface area contributed by atoms with Gasteiger partial charge in [0.2, 0.25) is 0 Å². The maximum absolute atomic E-state index is 12.4. The molecule has 0 atom stereocenters. The van der Waals surface area contributed by atoms with Crippen LogP contribution >= 0.6 is 23.2 Å². The van der Waals surface area contributed by atoms with Crippen LogP contribution in [0, 0.1) is 0 Å². The summed E-state index contributed by atoms with van der Waals surface area (Å²) in [5.74, 6) is -0.822. The van der Waals surface area contributed by atoms with Crippen molar-refractivity contribution in [1.29, 1.82) is 0 Å². The number of halogens is 2. The van der Waals surface area contributed by atoms with Crippen molar-refractivity contribution >= 4 is 52.3 Å². The number of nitrogens with two attached hydrogens (primary N) is 1. The number of hydrogen-bond acceptors (Lipinski definition) is 4. The van der Waals surface area contributed by atoms with E-state index in [1.165, 1.54) is 18.2 Å². The van der Waals surface area contributed by atoms with Gasteiger partial charge in [-0.2, -0.15) is 0 Å². The van der Waals surface area contributed by atoms with E-state index in [1.54, 1.807) is 48.5 Å². The van der Waals surface area contributed by atoms with Gasteiger partial charge in [0.1, 0.15) is 5.75 Å². The van der Waals surface area contributed by atoms with Gasteiger partial charge in [-0.15, -0.1) is 0 Å². The Morgan fingerprint density at radius 1 is 0.742 bits per heavy atom. The van der Waals surface area contributed by atoms with Crippen LogP contribution in [0.4, 0.5) is 11.4 Å². The van der Waals surface area contributed by atoms with Gasteiger partial charge in [-0.3, -0.25) is 14.4 Å². The lowest BCUT2D eigenvalue weighted by atomic mass is 10.1. The van der Waals surface area contributed by atoms with E-state index < -0.39 is 5.91 Å². The molecule has 0 spiro atoms. The third kappa shape index (κ3) is 6.47. The van der Waals surface area contributed by atoms with Gasteiger partial charge >= 0.3 is 0 Å². The molecule has 0 saturated carbocycles. The molecule has 9 heteroatoms. The van der Waals surface area contributed by atoms with Crippen LogP contribution in [0.2, 0.25) is 10.0 Å². The van der Waals surface area contributed by atoms with Gasteiger partial charge in [0.25, 0.3) is 17.7 Å². The number of benzene rings is 3. The Labute approximate surface area is 188 Å². The molecule has 0 saturated heterocycles. The summed E-state index contributed by atoms with van der Waals surface area (Å²) in [6.07, 6.45) is 0. The van der Waals surface area contributed by atoms with Crippen molar-refractivity contribution in [2.24, 2.45) is 5.73 Å². The highest BCUT2D eigenvalue weighted by atomic mass is 35.5. The molecule has 31 heavy (non-hydrogen) atoms. The first kappa shape index (κ1) is 22.1. The second-order valence-corrected chi connectivity index (χ2v) is 7.30. The van der Waals surface area contributed by atoms with E-state index in [2.05, 4.69) is 10.6 Å². The van der Waals surface area contributed by atoms with E-state index in [4.69, 9.17) is 33.7 Å². The lowest BCUT2D eigenvalue weighted by Crippen LogP contribution is -2.20. The number of anilines is 2. The SMILES string of the molecule is NC(=O)COc1ccc(NC(=O)c2ccc(NC(=O)c3cc(Cl)cc(Cl)c3)cc2)cc1. The standard InChI is InChI=1S/C22H17Cl2N3O4/c23-15-9-14(10-16(24)11-15)22(30)27-17-3-1-13(2-4-17)21(29)26-18-5-7-19(8-6-18)31-12-20(25)28/h1-11H,12H2,(H2,25,28)(H,26,29)(H,27,30). The van der Waals surface area contributed by atoms with E-state index in [1.807, 2.05) is 0 Å². The van der Waals surface area contributed by atoms with Crippen LogP contribution in [0.25, 0.3) is 0 Å². The fourth-order valence-corrected chi connectivity index (χ4v) is 3.11. The summed E-state index contributed by atoms with van der Waals surface area (Å²) >= 11 is 11.8. The van der Waals surface area contributed by atoms with Crippen LogP contribution in [0.3, 0.4) is 0 Å². The number of carbonyl (C=O) groups excluding carboxylic acids is 3. The average molecular weight is 458 g/mol. The Morgan fingerprint density at radius 3 is 1.74 bits per heavy atom. The maximum Gasteiger partial charge on any atom is 0.255 e. The molecule has 0 aliphatic heterocycles. The monoisotopic (exact) mass is 457 g/mol. The van der Waals surface area contributed by atoms with Crippen molar-refractivity contribution in [2.45, 2.75) is 0 Å². The van der Waals surface area contributed by atoms with Crippen molar-refractivity contribution in [3.8, 4) is 5.75 Å². The van der Waals surface area contributed by atoms with Gasteiger partial charge in [0.05, 0.1) is 0 Å². The fourth-order valence-electron chi connectivity index (χ4n) is 2.59. The quantitative estimate of drug-likeness (QED) is 0.489. The molecule has 0 bridgehead atoms. The van der Waals surface area contributed by atoms with Gasteiger partial charge in [0.15, 0.2) is 6.61 Å². The van der Waals surface area contributed by atoms with E-state index in [9.17, 15) is 14.4 Å². The largest absolute Gasteiger partial charge is 0.484 e. The molecule has 0 aliphatic carbocycles. The molecule has 3 amide bonds. The fraction of sp³-hybridized carbons (Fsp3) is 0.0455. The smallest absolute Gasteiger partial charge is 0.255 e. The zero-order valence-corrected chi connectivity index (χ0v) is 17.5. The Hall–Kier alpha value is -3.55. The van der Waals surface area contributed by atoms with Crippen LogP contribution in [0.5, 0.6) is 5.75 Å². The summed E-state index contributed by atoms with van der Waals surface area (Å²) in [6, 6.07) is 17.4. The molecule has 0 unspecified atom stereocenters. The number of hydrogen-bond donors (Lipinski definition) is 3. The second kappa shape index (κ2) is 9.97. The Kier molecular flexibility index (Phi) is 7.12. The summed E-state index contributed by atoms with van der Waals surface area (Å²) in [7, 11) is 0. The molecule has 3 rings (SSSR count). The van der Waals surface area contributed by atoms with Crippen molar-refractivity contribution in [2.75, 3.05) is 17.2 Å². The number of rotatable bonds is 7. The molecule has 0 aliphatic rings. The summed E-state index contributed by atoms with van der Waals surface area (Å²) in [4.78, 5) is 35.5. The van der Waals surface area contributed by atoms with Crippen LogP contribution < -0.4 is 21.1 Å². The molecule has 4 N–H and O–H groups in total. The topological polar surface area (TPSA) is 111 Å². The Morgan fingerprint density at radius 2 is 1.23 bits per heavy atom. The number of primary amides is 1. The van der Waals surface area contributed by atoms with Crippen LogP contribution in [0.15, 0.2) is 66.7 Å². The van der Waals surface area contributed by atoms with Crippen molar-refractivity contribution in [3.63, 3.8) is 0 Å². The highest BCUT2D eigenvalue weighted by Crippen LogP contribution is 2.21. The Balaban J connectivity index is 1.59. The molecule has 0 fully saturated rings. The molecule has 7 nitrogen and oxygen atoms in total. The van der Waals surface area contributed by atoms with Gasteiger partial charge in [0, 0.05) is 32.5 Å². The normalized spacial score (nSPS) is 10.3. The molecule has 3 aromatic carbocycles. The zero-order chi connectivity index (χ0) is 22.4. The van der Waals surface area contributed by atoms with Crippen LogP contribution in [-0.2, 0) is 4.79 Å². The summed E-state index contributed by atoms with van der Waals surface area (Å²) in [6.45, 7) is -0.223. The molecular weight excluding hydrogens is 441 g/mol. The van der Waals surface area contributed by atoms with E-state index in [-0.39, 0.29) is 18.4 Å². The lowest BCUT2D eigenvalue weighted by molar-refractivity contribution is -0.119. The summed E-state index contributed by atoms with van der Waals surface area (Å²) < 4.78 is 5.17. The highest BCUT2D eigenvalue weighted by Gasteiger charge is 2.10. The van der Waals surface area contributed by atoms with Crippen molar-refractivity contribution < 1.29 is 19.1 Å². The zero-order valence-electron chi connectivity index (χ0n) is 16.0. The number of nitrogens with one attached hydrogen (secondary N) is 2. The first-order valence-electron chi connectivity index (χ1n) is 9.00. The molecular formula is C22H17Cl2N3O4. The minimum absolute atomic E-state index is 0.223. The molecule has 0 heterocycles.